The van der Waals surface area contributed by atoms with E-state index in [0.717, 1.165) is 18.4 Å². The minimum absolute atomic E-state index is 0.0307. The largest absolute Gasteiger partial charge is 0.411 e. The molecule has 1 N–H and O–H groups in total. The molecular weight excluding hydrogens is 358 g/mol. The third-order valence-corrected chi connectivity index (χ3v) is 5.53. The van der Waals surface area contributed by atoms with E-state index in [1.807, 2.05) is 19.1 Å². The first kappa shape index (κ1) is 18.3. The molecule has 0 unspecified atom stereocenters. The Morgan fingerprint density at radius 1 is 1.20 bits per heavy atom. The van der Waals surface area contributed by atoms with Gasteiger partial charge in [-0.2, -0.15) is 0 Å². The number of amides is 1. The minimum atomic E-state index is -0.276. The van der Waals surface area contributed by atoms with E-state index in [9.17, 15) is 4.79 Å². The van der Waals surface area contributed by atoms with Crippen molar-refractivity contribution in [3.63, 3.8) is 0 Å². The van der Waals surface area contributed by atoms with Gasteiger partial charge in [0.15, 0.2) is 0 Å². The van der Waals surface area contributed by atoms with Crippen LogP contribution in [0.15, 0.2) is 33.9 Å². The van der Waals surface area contributed by atoms with Crippen LogP contribution in [0.1, 0.15) is 45.4 Å². The van der Waals surface area contributed by atoms with Gasteiger partial charge in [0, 0.05) is 16.6 Å². The van der Waals surface area contributed by atoms with E-state index in [1.54, 1.807) is 12.1 Å². The minimum Gasteiger partial charge on any atom is -0.411 e. The number of nitrogens with one attached hydrogen (secondary N) is 1. The number of carbonyl (C=O) groups excluding carboxylic acids is 1. The number of carbonyl (C=O) groups is 1. The van der Waals surface area contributed by atoms with E-state index < -0.39 is 0 Å². The lowest BCUT2D eigenvalue weighted by molar-refractivity contribution is -0.121. The van der Waals surface area contributed by atoms with Gasteiger partial charge in [-0.3, -0.25) is 4.79 Å². The number of hydrogen-bond donors (Lipinski definition) is 1. The molecule has 1 heterocycles. The molecule has 25 heavy (non-hydrogen) atoms. The molecule has 1 aromatic heterocycles. The molecule has 0 radical (unpaired) electrons. The standard InChI is InChI=1S/C18H22ClN3O2S/c1-12(16(23)20-15-6-4-2-3-5-7-15)25-18-22-21-17(24-18)13-8-10-14(19)11-9-13/h8-12,15H,2-7H2,1H3,(H,20,23)/t12-/m1/s1. The molecule has 3 rings (SSSR count). The molecule has 1 atom stereocenters. The second-order valence-corrected chi connectivity index (χ2v) is 8.07. The van der Waals surface area contributed by atoms with E-state index in [4.69, 9.17) is 16.0 Å². The molecule has 7 heteroatoms. The molecule has 1 saturated carbocycles. The third kappa shape index (κ3) is 5.22. The van der Waals surface area contributed by atoms with Gasteiger partial charge in [0.1, 0.15) is 0 Å². The van der Waals surface area contributed by atoms with Crippen LogP contribution < -0.4 is 5.32 Å². The number of rotatable bonds is 5. The average molecular weight is 380 g/mol. The van der Waals surface area contributed by atoms with Crippen LogP contribution in [0.5, 0.6) is 0 Å². The Morgan fingerprint density at radius 3 is 2.56 bits per heavy atom. The molecule has 5 nitrogen and oxygen atoms in total. The van der Waals surface area contributed by atoms with Gasteiger partial charge >= 0.3 is 0 Å². The zero-order chi connectivity index (χ0) is 17.6. The second kappa shape index (κ2) is 8.72. The van der Waals surface area contributed by atoms with Gasteiger partial charge in [0.25, 0.3) is 5.22 Å². The summed E-state index contributed by atoms with van der Waals surface area (Å²) in [5, 5.41) is 12.0. The highest BCUT2D eigenvalue weighted by molar-refractivity contribution is 8.00. The number of aromatic nitrogens is 2. The van der Waals surface area contributed by atoms with Crippen LogP contribution in [0, 0.1) is 0 Å². The smallest absolute Gasteiger partial charge is 0.277 e. The van der Waals surface area contributed by atoms with Gasteiger partial charge in [0.05, 0.1) is 5.25 Å². The lowest BCUT2D eigenvalue weighted by Gasteiger charge is -2.18. The van der Waals surface area contributed by atoms with Gasteiger partial charge in [-0.05, 0) is 44.0 Å². The highest BCUT2D eigenvalue weighted by Gasteiger charge is 2.22. The van der Waals surface area contributed by atoms with Crippen molar-refractivity contribution in [1.29, 1.82) is 0 Å². The third-order valence-electron chi connectivity index (χ3n) is 4.35. The van der Waals surface area contributed by atoms with Crippen molar-refractivity contribution in [2.24, 2.45) is 0 Å². The molecule has 1 aromatic carbocycles. The Labute approximate surface area is 156 Å². The molecule has 1 aliphatic rings. The van der Waals surface area contributed by atoms with Crippen LogP contribution in [0.25, 0.3) is 11.5 Å². The molecule has 1 aliphatic carbocycles. The SMILES string of the molecule is C[C@@H](Sc1nnc(-c2ccc(Cl)cc2)o1)C(=O)NC1CCCCCC1. The molecule has 0 saturated heterocycles. The maximum atomic E-state index is 12.4. The zero-order valence-electron chi connectivity index (χ0n) is 14.2. The van der Waals surface area contributed by atoms with Crippen molar-refractivity contribution in [3.05, 3.63) is 29.3 Å². The molecule has 2 aromatic rings. The van der Waals surface area contributed by atoms with Crippen LogP contribution in [0.2, 0.25) is 5.02 Å². The zero-order valence-corrected chi connectivity index (χ0v) is 15.8. The summed E-state index contributed by atoms with van der Waals surface area (Å²) < 4.78 is 5.66. The first-order valence-electron chi connectivity index (χ1n) is 8.68. The van der Waals surface area contributed by atoms with E-state index in [-0.39, 0.29) is 11.2 Å². The fraction of sp³-hybridized carbons (Fsp3) is 0.500. The first-order chi connectivity index (χ1) is 12.1. The Bertz CT molecular complexity index is 697. The lowest BCUT2D eigenvalue weighted by atomic mass is 10.1. The van der Waals surface area contributed by atoms with Crippen molar-refractivity contribution in [2.75, 3.05) is 0 Å². The summed E-state index contributed by atoms with van der Waals surface area (Å²) in [7, 11) is 0. The van der Waals surface area contributed by atoms with Crippen molar-refractivity contribution in [3.8, 4) is 11.5 Å². The van der Waals surface area contributed by atoms with E-state index in [1.165, 1.54) is 37.4 Å². The Balaban J connectivity index is 1.56. The summed E-state index contributed by atoms with van der Waals surface area (Å²) >= 11 is 7.17. The number of benzene rings is 1. The number of thioether (sulfide) groups is 1. The number of halogens is 1. The van der Waals surface area contributed by atoms with Gasteiger partial charge in [-0.25, -0.2) is 0 Å². The molecule has 0 spiro atoms. The lowest BCUT2D eigenvalue weighted by Crippen LogP contribution is -2.39. The topological polar surface area (TPSA) is 68.0 Å². The van der Waals surface area contributed by atoms with E-state index >= 15 is 0 Å². The monoisotopic (exact) mass is 379 g/mol. The highest BCUT2D eigenvalue weighted by atomic mass is 35.5. The summed E-state index contributed by atoms with van der Waals surface area (Å²) in [5.74, 6) is 0.457. The molecule has 0 aliphatic heterocycles. The Kier molecular flexibility index (Phi) is 6.37. The van der Waals surface area contributed by atoms with Gasteiger partial charge < -0.3 is 9.73 Å². The molecule has 1 fully saturated rings. The van der Waals surface area contributed by atoms with Crippen LogP contribution in [-0.4, -0.2) is 27.4 Å². The maximum absolute atomic E-state index is 12.4. The van der Waals surface area contributed by atoms with E-state index in [2.05, 4.69) is 15.5 Å². The predicted molar refractivity (Wildman–Crippen MR) is 99.7 cm³/mol. The Hall–Kier alpha value is -1.53. The summed E-state index contributed by atoms with van der Waals surface area (Å²) in [5.41, 5.74) is 0.805. The first-order valence-corrected chi connectivity index (χ1v) is 9.94. The predicted octanol–water partition coefficient (Wildman–Crippen LogP) is 4.71. The molecule has 0 bridgehead atoms. The molecular formula is C18H22ClN3O2S. The molecule has 134 valence electrons. The van der Waals surface area contributed by atoms with Crippen LogP contribution >= 0.6 is 23.4 Å². The van der Waals surface area contributed by atoms with Crippen LogP contribution in [-0.2, 0) is 4.79 Å². The normalized spacial score (nSPS) is 17.0. The summed E-state index contributed by atoms with van der Waals surface area (Å²) in [4.78, 5) is 12.4. The van der Waals surface area contributed by atoms with Crippen LogP contribution in [0.3, 0.4) is 0 Å². The fourth-order valence-corrected chi connectivity index (χ4v) is 3.73. The summed E-state index contributed by atoms with van der Waals surface area (Å²) in [6.45, 7) is 1.86. The summed E-state index contributed by atoms with van der Waals surface area (Å²) in [6.07, 6.45) is 7.08. The van der Waals surface area contributed by atoms with E-state index in [0.29, 0.717) is 22.2 Å². The van der Waals surface area contributed by atoms with Crippen LogP contribution in [0.4, 0.5) is 0 Å². The van der Waals surface area contributed by atoms with Crippen molar-refractivity contribution in [1.82, 2.24) is 15.5 Å². The van der Waals surface area contributed by atoms with Gasteiger partial charge in [-0.15, -0.1) is 10.2 Å². The van der Waals surface area contributed by atoms with Gasteiger partial charge in [-0.1, -0.05) is 49.0 Å². The molecule has 1 amide bonds. The van der Waals surface area contributed by atoms with Gasteiger partial charge in [0.2, 0.25) is 11.8 Å². The fourth-order valence-electron chi connectivity index (χ4n) is 2.91. The second-order valence-electron chi connectivity index (χ2n) is 6.34. The average Bonchev–Trinajstić information content (AvgIpc) is 2.91. The quantitative estimate of drug-likeness (QED) is 0.601. The van der Waals surface area contributed by atoms with Crippen molar-refractivity contribution >= 4 is 29.3 Å². The highest BCUT2D eigenvalue weighted by Crippen LogP contribution is 2.27. The van der Waals surface area contributed by atoms with Crippen molar-refractivity contribution < 1.29 is 9.21 Å². The summed E-state index contributed by atoms with van der Waals surface area (Å²) in [6, 6.07) is 7.50. The maximum Gasteiger partial charge on any atom is 0.277 e. The van der Waals surface area contributed by atoms with Crippen molar-refractivity contribution in [2.45, 2.75) is 62.0 Å². The number of nitrogens with zero attached hydrogens (tertiary/aromatic N) is 2. The number of hydrogen-bond acceptors (Lipinski definition) is 5. The Morgan fingerprint density at radius 2 is 1.88 bits per heavy atom.